The van der Waals surface area contributed by atoms with Gasteiger partial charge in [-0.2, -0.15) is 0 Å². The van der Waals surface area contributed by atoms with Crippen molar-refractivity contribution in [1.82, 2.24) is 40.4 Å². The van der Waals surface area contributed by atoms with Crippen molar-refractivity contribution in [3.63, 3.8) is 0 Å². The van der Waals surface area contributed by atoms with Crippen molar-refractivity contribution >= 4 is 24.0 Å². The average molecular weight is 1030 g/mol. The lowest BCUT2D eigenvalue weighted by Crippen LogP contribution is -2.51. The SMILES string of the molecule is COC(=O)N[C@H](C(=O)N1CC2CCCC2[C@H]1c1nc(-c2ccc(-c3cc4ccc3CCc3ccc(c(-c5ccc(-c6c[nH]c([C@@H]7C8CCCC8CN7C(=O)[C@@H](NC(=O)OC)C(C)C)n6)cc5)c3)CC4)cc2)c[nH]1)C(C)C. The van der Waals surface area contributed by atoms with Gasteiger partial charge < -0.3 is 39.9 Å². The zero-order chi connectivity index (χ0) is 52.8. The standard InChI is InChI=1S/C62H72N8O6/c1-35(2)53(67-61(73)75-5)59(71)69-33-45-9-7-11-47(45)55(69)57-63-31-51(65-57)43-25-21-41(22-26-43)49-29-37-13-17-39(49)19-15-38-14-18-40(20-16-37)50(30-38)42-23-27-44(28-24-42)52-32-64-58(66-52)56-48-12-8-10-46(48)34-70(56)60(72)54(36(3)4)68-62(74)76-6/h13-14,17-18,21-32,35-36,45-48,53-56H,7-12,15-16,19-20,33-34H2,1-6H3,(H,63,65)(H,64,66)(H,67,73)(H,68,74)/t45?,46?,47?,48?,53-,54-,55-,56-/m0/s1. The highest BCUT2D eigenvalue weighted by Crippen LogP contribution is 2.51. The molecular formula is C62H72N8O6. The minimum Gasteiger partial charge on any atom is -0.453 e. The predicted molar refractivity (Wildman–Crippen MR) is 293 cm³/mol. The number of fused-ring (bicyclic) bond motifs is 2. The van der Waals surface area contributed by atoms with Gasteiger partial charge in [0.15, 0.2) is 0 Å². The molecule has 6 aliphatic carbocycles. The summed E-state index contributed by atoms with van der Waals surface area (Å²) in [5.74, 6) is 2.69. The molecule has 2 aliphatic heterocycles. The molecule has 4 amide bonds. The maximum Gasteiger partial charge on any atom is 0.407 e. The second-order valence-corrected chi connectivity index (χ2v) is 22.8. The van der Waals surface area contributed by atoms with E-state index in [1.165, 1.54) is 58.7 Å². The summed E-state index contributed by atoms with van der Waals surface area (Å²) in [6.07, 6.45) is 12.9. The fourth-order valence-electron chi connectivity index (χ4n) is 13.5. The molecule has 0 spiro atoms. The molecule has 2 saturated carbocycles. The van der Waals surface area contributed by atoms with Crippen molar-refractivity contribution in [1.29, 1.82) is 0 Å². The zero-order valence-electron chi connectivity index (χ0n) is 44.7. The summed E-state index contributed by atoms with van der Waals surface area (Å²) in [4.78, 5) is 74.0. The number of aromatic amines is 2. The topological polar surface area (TPSA) is 175 Å². The van der Waals surface area contributed by atoms with Gasteiger partial charge in [0.1, 0.15) is 23.7 Å². The number of aryl methyl sites for hydroxylation is 4. The van der Waals surface area contributed by atoms with E-state index in [4.69, 9.17) is 19.4 Å². The lowest BCUT2D eigenvalue weighted by atomic mass is 9.87. The predicted octanol–water partition coefficient (Wildman–Crippen LogP) is 11.0. The van der Waals surface area contributed by atoms with Gasteiger partial charge in [-0.15, -0.1) is 0 Å². The Morgan fingerprint density at radius 1 is 0.539 bits per heavy atom. The van der Waals surface area contributed by atoms with Gasteiger partial charge >= 0.3 is 12.2 Å². The van der Waals surface area contributed by atoms with E-state index in [0.717, 1.165) is 98.4 Å². The summed E-state index contributed by atoms with van der Waals surface area (Å²) in [6.45, 7) is 9.11. The van der Waals surface area contributed by atoms with E-state index in [2.05, 4.69) is 106 Å². The number of alkyl carbamates (subject to hydrolysis) is 2. The smallest absolute Gasteiger partial charge is 0.407 e. The first-order chi connectivity index (χ1) is 36.8. The van der Waals surface area contributed by atoms with Crippen molar-refractivity contribution in [2.24, 2.45) is 35.5 Å². The maximum absolute atomic E-state index is 14.1. The second-order valence-electron chi connectivity index (χ2n) is 22.8. The number of hydrogen-bond acceptors (Lipinski definition) is 8. The first-order valence-electron chi connectivity index (χ1n) is 27.7. The number of benzene rings is 4. The van der Waals surface area contributed by atoms with Crippen molar-refractivity contribution in [2.45, 2.75) is 116 Å². The fraction of sp³-hybridized carbons (Fsp3) is 0.452. The highest BCUT2D eigenvalue weighted by molar-refractivity contribution is 5.87. The van der Waals surface area contributed by atoms with Gasteiger partial charge in [0, 0.05) is 36.6 Å². The highest BCUT2D eigenvalue weighted by atomic mass is 16.5. The Kier molecular flexibility index (Phi) is 14.4. The number of likely N-dealkylation sites (tertiary alicyclic amines) is 2. The molecule has 8 aliphatic rings. The van der Waals surface area contributed by atoms with Gasteiger partial charge in [-0.1, -0.05) is 125 Å². The molecular weight excluding hydrogens is 953 g/mol. The Labute approximate surface area is 446 Å². The molecule has 4 bridgehead atoms. The lowest BCUT2D eigenvalue weighted by molar-refractivity contribution is -0.136. The number of carbonyl (C=O) groups is 4. The molecule has 14 heteroatoms. The van der Waals surface area contributed by atoms with Crippen molar-refractivity contribution < 1.29 is 28.7 Å². The third-order valence-corrected chi connectivity index (χ3v) is 17.6. The molecule has 76 heavy (non-hydrogen) atoms. The molecule has 0 radical (unpaired) electrons. The third-order valence-electron chi connectivity index (χ3n) is 17.6. The van der Waals surface area contributed by atoms with Crippen LogP contribution in [0.3, 0.4) is 0 Å². The summed E-state index contributed by atoms with van der Waals surface area (Å²) >= 11 is 0. The van der Waals surface area contributed by atoms with Crippen LogP contribution in [0.5, 0.6) is 0 Å². The molecule has 8 atom stereocenters. The Hall–Kier alpha value is -7.22. The molecule has 2 saturated heterocycles. The number of H-pyrrole nitrogens is 2. The van der Waals surface area contributed by atoms with E-state index in [0.29, 0.717) is 36.8 Å². The minimum atomic E-state index is -0.685. The van der Waals surface area contributed by atoms with Crippen molar-refractivity contribution in [2.75, 3.05) is 27.3 Å². The van der Waals surface area contributed by atoms with Crippen LogP contribution in [0.1, 0.15) is 112 Å². The largest absolute Gasteiger partial charge is 0.453 e. The number of hydrogen-bond donors (Lipinski definition) is 4. The van der Waals surface area contributed by atoms with Crippen LogP contribution in [0, 0.1) is 35.5 Å². The Bertz CT molecular complexity index is 2900. The summed E-state index contributed by atoms with van der Waals surface area (Å²) in [5, 5.41) is 5.59. The first kappa shape index (κ1) is 50.9. The van der Waals surface area contributed by atoms with E-state index in [1.54, 1.807) is 0 Å². The Morgan fingerprint density at radius 2 is 0.934 bits per heavy atom. The van der Waals surface area contributed by atoms with Gasteiger partial charge in [0.05, 0.1) is 37.7 Å². The number of aromatic nitrogens is 4. The molecule has 4 fully saturated rings. The van der Waals surface area contributed by atoms with Gasteiger partial charge in [-0.05, 0) is 131 Å². The zero-order valence-corrected chi connectivity index (χ0v) is 44.7. The number of amides is 4. The molecule has 6 aromatic rings. The van der Waals surface area contributed by atoms with Crippen LogP contribution in [0.25, 0.3) is 44.8 Å². The normalized spacial score (nSPS) is 22.5. The number of ether oxygens (including phenoxy) is 2. The van der Waals surface area contributed by atoms with Crippen molar-refractivity contribution in [3.05, 3.63) is 131 Å². The van der Waals surface area contributed by atoms with Gasteiger partial charge in [0.2, 0.25) is 11.8 Å². The molecule has 2 aromatic heterocycles. The van der Waals surface area contributed by atoms with E-state index < -0.39 is 24.3 Å². The van der Waals surface area contributed by atoms with Gasteiger partial charge in [0.25, 0.3) is 0 Å². The minimum absolute atomic E-state index is 0.0873. The number of carbonyl (C=O) groups excluding carboxylic acids is 4. The summed E-state index contributed by atoms with van der Waals surface area (Å²) < 4.78 is 9.76. The monoisotopic (exact) mass is 1020 g/mol. The first-order valence-corrected chi connectivity index (χ1v) is 27.7. The summed E-state index contributed by atoms with van der Waals surface area (Å²) in [5.41, 5.74) is 13.8. The van der Waals surface area contributed by atoms with Crippen LogP contribution in [-0.2, 0) is 44.7 Å². The van der Waals surface area contributed by atoms with E-state index >= 15 is 0 Å². The summed E-state index contributed by atoms with van der Waals surface area (Å²) in [7, 11) is 2.64. The molecule has 14 rings (SSSR count). The fourth-order valence-corrected chi connectivity index (χ4v) is 13.5. The number of nitrogens with one attached hydrogen (secondary N) is 4. The van der Waals surface area contributed by atoms with Crippen LogP contribution >= 0.6 is 0 Å². The van der Waals surface area contributed by atoms with Crippen LogP contribution in [-0.4, -0.2) is 93.1 Å². The number of imidazole rings is 2. The molecule has 14 nitrogen and oxygen atoms in total. The van der Waals surface area contributed by atoms with Crippen LogP contribution in [0.2, 0.25) is 0 Å². The van der Waals surface area contributed by atoms with E-state index in [-0.39, 0.29) is 35.7 Å². The van der Waals surface area contributed by atoms with Crippen LogP contribution in [0.4, 0.5) is 9.59 Å². The van der Waals surface area contributed by atoms with E-state index in [9.17, 15) is 19.2 Å². The van der Waals surface area contributed by atoms with Crippen LogP contribution in [0.15, 0.2) is 97.3 Å². The molecule has 4 heterocycles. The molecule has 4 aromatic carbocycles. The lowest BCUT2D eigenvalue weighted by Gasteiger charge is -2.31. The average Bonchev–Trinajstić information content (AvgIpc) is 4.38. The second kappa shape index (κ2) is 21.4. The number of rotatable bonds is 12. The number of methoxy groups -OCH3 is 2. The van der Waals surface area contributed by atoms with Gasteiger partial charge in [-0.3, -0.25) is 9.59 Å². The Balaban J connectivity index is 0.784. The molecule has 4 N–H and O–H groups in total. The Morgan fingerprint density at radius 3 is 1.32 bits per heavy atom. The quantitative estimate of drug-likeness (QED) is 0.0937. The van der Waals surface area contributed by atoms with Crippen LogP contribution < -0.4 is 10.6 Å². The highest BCUT2D eigenvalue weighted by Gasteiger charge is 2.51. The van der Waals surface area contributed by atoms with E-state index in [1.807, 2.05) is 49.9 Å². The maximum atomic E-state index is 14.1. The van der Waals surface area contributed by atoms with Crippen molar-refractivity contribution in [3.8, 4) is 44.8 Å². The summed E-state index contributed by atoms with van der Waals surface area (Å²) in [6, 6.07) is 29.8. The molecule has 4 unspecified atom stereocenters. The molecule has 396 valence electrons. The number of nitrogens with zero attached hydrogens (tertiary/aromatic N) is 4. The van der Waals surface area contributed by atoms with Gasteiger partial charge in [-0.25, -0.2) is 19.6 Å². The third kappa shape index (κ3) is 9.91.